The molecule has 0 unspecified atom stereocenters. The van der Waals surface area contributed by atoms with Crippen molar-refractivity contribution in [3.8, 4) is 34.6 Å². The van der Waals surface area contributed by atoms with Crippen molar-refractivity contribution in [2.45, 2.75) is 12.3 Å². The van der Waals surface area contributed by atoms with Crippen molar-refractivity contribution in [1.29, 1.82) is 0 Å². The number of nitrogens with zero attached hydrogens (tertiary/aromatic N) is 1. The number of rotatable bonds is 6. The SMILES string of the molecule is COC(=O)C[C@@H]1c2cccnc2Oc2ccc3c(c21)O/C(=C\c1cc(OC)c(OC)c(OC)c1)C3=O. The largest absolute Gasteiger partial charge is 0.493 e. The molecule has 36 heavy (non-hydrogen) atoms. The minimum Gasteiger partial charge on any atom is -0.493 e. The van der Waals surface area contributed by atoms with Crippen molar-refractivity contribution < 1.29 is 38.0 Å². The molecular formula is C27H23NO8. The van der Waals surface area contributed by atoms with Crippen LogP contribution in [0.25, 0.3) is 6.08 Å². The van der Waals surface area contributed by atoms with E-state index in [1.54, 1.807) is 42.6 Å². The van der Waals surface area contributed by atoms with Gasteiger partial charge < -0.3 is 28.4 Å². The zero-order valence-electron chi connectivity index (χ0n) is 20.1. The summed E-state index contributed by atoms with van der Waals surface area (Å²) in [5.74, 6) is 1.49. The van der Waals surface area contributed by atoms with Gasteiger partial charge in [0.25, 0.3) is 0 Å². The lowest BCUT2D eigenvalue weighted by atomic mass is 9.85. The van der Waals surface area contributed by atoms with Crippen LogP contribution in [-0.4, -0.2) is 45.2 Å². The normalized spacial score (nSPS) is 16.3. The van der Waals surface area contributed by atoms with Crippen LogP contribution in [0.4, 0.5) is 0 Å². The molecule has 2 aliphatic heterocycles. The second-order valence-electron chi connectivity index (χ2n) is 8.09. The van der Waals surface area contributed by atoms with Gasteiger partial charge in [0, 0.05) is 23.2 Å². The summed E-state index contributed by atoms with van der Waals surface area (Å²) in [5, 5.41) is 0. The van der Waals surface area contributed by atoms with Crippen molar-refractivity contribution in [1.82, 2.24) is 4.98 Å². The lowest BCUT2D eigenvalue weighted by Gasteiger charge is -2.27. The van der Waals surface area contributed by atoms with Gasteiger partial charge in [0.15, 0.2) is 17.3 Å². The Kier molecular flexibility index (Phi) is 5.97. The summed E-state index contributed by atoms with van der Waals surface area (Å²) in [6.45, 7) is 0. The molecule has 1 aromatic heterocycles. The quantitative estimate of drug-likeness (QED) is 0.365. The molecule has 0 bridgehead atoms. The van der Waals surface area contributed by atoms with Crippen LogP contribution in [0, 0.1) is 0 Å². The first-order chi connectivity index (χ1) is 17.5. The number of aromatic nitrogens is 1. The van der Waals surface area contributed by atoms with Gasteiger partial charge in [-0.1, -0.05) is 6.07 Å². The molecule has 0 saturated heterocycles. The fourth-order valence-corrected chi connectivity index (χ4v) is 4.48. The van der Waals surface area contributed by atoms with Gasteiger partial charge >= 0.3 is 5.97 Å². The molecule has 5 rings (SSSR count). The smallest absolute Gasteiger partial charge is 0.306 e. The summed E-state index contributed by atoms with van der Waals surface area (Å²) < 4.78 is 33.3. The van der Waals surface area contributed by atoms with Gasteiger partial charge in [-0.15, -0.1) is 0 Å². The van der Waals surface area contributed by atoms with E-state index in [-0.39, 0.29) is 18.0 Å². The molecule has 9 nitrogen and oxygen atoms in total. The second kappa shape index (κ2) is 9.26. The molecule has 0 fully saturated rings. The monoisotopic (exact) mass is 489 g/mol. The highest BCUT2D eigenvalue weighted by atomic mass is 16.5. The summed E-state index contributed by atoms with van der Waals surface area (Å²) in [5.41, 5.74) is 2.30. The number of hydrogen-bond acceptors (Lipinski definition) is 9. The maximum Gasteiger partial charge on any atom is 0.306 e. The van der Waals surface area contributed by atoms with Gasteiger partial charge in [0.05, 0.1) is 40.4 Å². The minimum atomic E-state index is -0.465. The Balaban J connectivity index is 1.59. The number of Topliss-reactive ketones (excluding diaryl/α,β-unsaturated/α-hetero) is 1. The number of esters is 1. The fraction of sp³-hybridized carbons (Fsp3) is 0.222. The van der Waals surface area contributed by atoms with Crippen LogP contribution in [0.2, 0.25) is 0 Å². The zero-order chi connectivity index (χ0) is 25.4. The predicted molar refractivity (Wildman–Crippen MR) is 128 cm³/mol. The van der Waals surface area contributed by atoms with Crippen molar-refractivity contribution in [3.05, 3.63) is 70.6 Å². The summed E-state index contributed by atoms with van der Waals surface area (Å²) >= 11 is 0. The van der Waals surface area contributed by atoms with Crippen LogP contribution >= 0.6 is 0 Å². The van der Waals surface area contributed by atoms with Crippen LogP contribution in [-0.2, 0) is 9.53 Å². The van der Waals surface area contributed by atoms with Gasteiger partial charge in [0.2, 0.25) is 17.4 Å². The van der Waals surface area contributed by atoms with Gasteiger partial charge in [-0.3, -0.25) is 9.59 Å². The lowest BCUT2D eigenvalue weighted by Crippen LogP contribution is -2.16. The molecule has 184 valence electrons. The number of fused-ring (bicyclic) bond motifs is 4. The lowest BCUT2D eigenvalue weighted by molar-refractivity contribution is -0.140. The first-order valence-corrected chi connectivity index (χ1v) is 11.1. The third-order valence-corrected chi connectivity index (χ3v) is 6.15. The number of carbonyl (C=O) groups excluding carboxylic acids is 2. The number of methoxy groups -OCH3 is 4. The molecule has 0 spiro atoms. The van der Waals surface area contributed by atoms with E-state index >= 15 is 0 Å². The van der Waals surface area contributed by atoms with Crippen molar-refractivity contribution >= 4 is 17.8 Å². The van der Waals surface area contributed by atoms with E-state index in [0.717, 1.165) is 0 Å². The van der Waals surface area contributed by atoms with Crippen LogP contribution in [0.1, 0.15) is 39.4 Å². The molecule has 0 aliphatic carbocycles. The Labute approximate surface area is 207 Å². The van der Waals surface area contributed by atoms with Gasteiger partial charge in [0.1, 0.15) is 11.5 Å². The number of hydrogen-bond donors (Lipinski definition) is 0. The Hall–Kier alpha value is -4.53. The highest BCUT2D eigenvalue weighted by Crippen LogP contribution is 2.52. The Morgan fingerprint density at radius 2 is 1.78 bits per heavy atom. The third kappa shape index (κ3) is 3.78. The number of ketones is 1. The highest BCUT2D eigenvalue weighted by molar-refractivity contribution is 6.15. The minimum absolute atomic E-state index is 0.0332. The Morgan fingerprint density at radius 3 is 2.44 bits per heavy atom. The maximum absolute atomic E-state index is 13.3. The van der Waals surface area contributed by atoms with Gasteiger partial charge in [-0.25, -0.2) is 4.98 Å². The molecule has 0 saturated carbocycles. The predicted octanol–water partition coefficient (Wildman–Crippen LogP) is 4.52. The molecule has 2 aromatic carbocycles. The number of carbonyl (C=O) groups is 2. The second-order valence-corrected chi connectivity index (χ2v) is 8.09. The van der Waals surface area contributed by atoms with E-state index in [1.807, 2.05) is 6.07 Å². The molecule has 0 radical (unpaired) electrons. The number of allylic oxidation sites excluding steroid dienone is 1. The van der Waals surface area contributed by atoms with Crippen molar-refractivity contribution in [3.63, 3.8) is 0 Å². The summed E-state index contributed by atoms with van der Waals surface area (Å²) in [6.07, 6.45) is 3.25. The van der Waals surface area contributed by atoms with E-state index in [2.05, 4.69) is 4.98 Å². The van der Waals surface area contributed by atoms with Crippen molar-refractivity contribution in [2.75, 3.05) is 28.4 Å². The maximum atomic E-state index is 13.3. The molecule has 3 aromatic rings. The van der Waals surface area contributed by atoms with Crippen LogP contribution in [0.3, 0.4) is 0 Å². The Bertz CT molecular complexity index is 1390. The molecule has 9 heteroatoms. The third-order valence-electron chi connectivity index (χ3n) is 6.15. The first kappa shape index (κ1) is 23.2. The van der Waals surface area contributed by atoms with E-state index < -0.39 is 11.9 Å². The Morgan fingerprint density at radius 1 is 1.03 bits per heavy atom. The number of ether oxygens (including phenoxy) is 6. The standard InChI is InChI=1S/C27H23NO8/c1-31-20-11-14(12-21(32-2)26(20)34-4)10-19-24(30)16-7-8-18-23(25(16)35-19)17(13-22(29)33-3)15-6-5-9-28-27(15)36-18/h5-12,17H,13H2,1-4H3/b19-10-/t17-/m1/s1. The van der Waals surface area contributed by atoms with E-state index in [0.29, 0.717) is 56.9 Å². The molecular weight excluding hydrogens is 466 g/mol. The topological polar surface area (TPSA) is 102 Å². The van der Waals surface area contributed by atoms with Crippen LogP contribution in [0.15, 0.2) is 48.4 Å². The molecule has 1 atom stereocenters. The van der Waals surface area contributed by atoms with E-state index in [1.165, 1.54) is 28.4 Å². The van der Waals surface area contributed by atoms with Gasteiger partial charge in [-0.05, 0) is 42.0 Å². The van der Waals surface area contributed by atoms with E-state index in [4.69, 9.17) is 28.4 Å². The summed E-state index contributed by atoms with van der Waals surface area (Å²) in [4.78, 5) is 29.9. The molecule has 0 amide bonds. The molecule has 0 N–H and O–H groups in total. The summed E-state index contributed by atoms with van der Waals surface area (Å²) in [7, 11) is 5.88. The van der Waals surface area contributed by atoms with Crippen molar-refractivity contribution in [2.24, 2.45) is 0 Å². The van der Waals surface area contributed by atoms with E-state index in [9.17, 15) is 9.59 Å². The fourth-order valence-electron chi connectivity index (χ4n) is 4.48. The average Bonchev–Trinajstić information content (AvgIpc) is 3.22. The van der Waals surface area contributed by atoms with Crippen LogP contribution in [0.5, 0.6) is 34.6 Å². The zero-order valence-corrected chi connectivity index (χ0v) is 20.1. The average molecular weight is 489 g/mol. The van der Waals surface area contributed by atoms with Gasteiger partial charge in [-0.2, -0.15) is 0 Å². The summed E-state index contributed by atoms with van der Waals surface area (Å²) in [6, 6.07) is 10.4. The first-order valence-electron chi connectivity index (χ1n) is 11.1. The highest BCUT2D eigenvalue weighted by Gasteiger charge is 2.39. The molecule has 2 aliphatic rings. The number of pyridine rings is 1. The molecule has 3 heterocycles. The number of benzene rings is 2. The van der Waals surface area contributed by atoms with Crippen LogP contribution < -0.4 is 23.7 Å².